The van der Waals surface area contributed by atoms with E-state index in [1.807, 2.05) is 18.2 Å². The number of rotatable bonds is 3. The highest BCUT2D eigenvalue weighted by molar-refractivity contribution is 7.99. The van der Waals surface area contributed by atoms with E-state index in [0.29, 0.717) is 5.37 Å². The first-order chi connectivity index (χ1) is 7.79. The van der Waals surface area contributed by atoms with Gasteiger partial charge >= 0.3 is 5.97 Å². The number of methoxy groups -OCH3 is 1. The van der Waals surface area contributed by atoms with Crippen molar-refractivity contribution in [2.24, 2.45) is 0 Å². The van der Waals surface area contributed by atoms with E-state index in [1.165, 1.54) is 12.0 Å². The molecule has 2 atom stereocenters. The molecule has 1 heterocycles. The molecule has 0 aliphatic carbocycles. The number of nitrogens with one attached hydrogen (secondary N) is 1. The summed E-state index contributed by atoms with van der Waals surface area (Å²) in [6.45, 7) is 0. The number of carbonyl (C=O) groups is 1. The molecule has 1 aliphatic heterocycles. The van der Waals surface area contributed by atoms with Crippen molar-refractivity contribution in [2.75, 3.05) is 7.11 Å². The maximum absolute atomic E-state index is 11.3. The number of thioether (sulfide) groups is 1. The van der Waals surface area contributed by atoms with Crippen LogP contribution in [0.5, 0.6) is 0 Å². The van der Waals surface area contributed by atoms with Crippen LogP contribution in [0.3, 0.4) is 0 Å². The van der Waals surface area contributed by atoms with Crippen molar-refractivity contribution in [1.82, 2.24) is 5.32 Å². The predicted molar refractivity (Wildman–Crippen MR) is 64.3 cm³/mol. The lowest BCUT2D eigenvalue weighted by molar-refractivity contribution is -0.142. The molecule has 16 heavy (non-hydrogen) atoms. The summed E-state index contributed by atoms with van der Waals surface area (Å²) >= 11 is 1.76. The molecular formula is C12H15NO2S. The molecule has 1 fully saturated rings. The van der Waals surface area contributed by atoms with Gasteiger partial charge in [-0.15, -0.1) is 11.8 Å². The summed E-state index contributed by atoms with van der Waals surface area (Å²) in [5.74, 6) is -0.156. The Labute approximate surface area is 99.6 Å². The molecular weight excluding hydrogens is 222 g/mol. The van der Waals surface area contributed by atoms with Gasteiger partial charge in [0.15, 0.2) is 0 Å². The molecule has 4 heteroatoms. The maximum Gasteiger partial charge on any atom is 0.322 e. The summed E-state index contributed by atoms with van der Waals surface area (Å²) in [6, 6.07) is 10.1. The van der Waals surface area contributed by atoms with Crippen LogP contribution in [0.2, 0.25) is 0 Å². The van der Waals surface area contributed by atoms with Crippen LogP contribution in [-0.4, -0.2) is 24.5 Å². The molecule has 0 aromatic heterocycles. The van der Waals surface area contributed by atoms with Gasteiger partial charge in [0, 0.05) is 4.90 Å². The van der Waals surface area contributed by atoms with E-state index >= 15 is 0 Å². The lowest BCUT2D eigenvalue weighted by atomic mass is 10.2. The van der Waals surface area contributed by atoms with E-state index < -0.39 is 0 Å². The van der Waals surface area contributed by atoms with Crippen molar-refractivity contribution in [1.29, 1.82) is 0 Å². The minimum Gasteiger partial charge on any atom is -0.468 e. The Morgan fingerprint density at radius 1 is 1.38 bits per heavy atom. The van der Waals surface area contributed by atoms with Gasteiger partial charge in [-0.2, -0.15) is 0 Å². The highest BCUT2D eigenvalue weighted by Crippen LogP contribution is 2.29. The smallest absolute Gasteiger partial charge is 0.322 e. The summed E-state index contributed by atoms with van der Waals surface area (Å²) < 4.78 is 4.72. The third-order valence-corrected chi connectivity index (χ3v) is 3.81. The van der Waals surface area contributed by atoms with Crippen molar-refractivity contribution in [3.8, 4) is 0 Å². The van der Waals surface area contributed by atoms with E-state index in [-0.39, 0.29) is 12.0 Å². The molecule has 2 rings (SSSR count). The van der Waals surface area contributed by atoms with E-state index in [4.69, 9.17) is 4.74 Å². The van der Waals surface area contributed by atoms with Crippen LogP contribution in [0.15, 0.2) is 35.2 Å². The highest BCUT2D eigenvalue weighted by atomic mass is 32.2. The Hall–Kier alpha value is -1.00. The predicted octanol–water partition coefficient (Wildman–Crippen LogP) is 2.03. The normalized spacial score (nSPS) is 24.3. The van der Waals surface area contributed by atoms with E-state index in [2.05, 4.69) is 17.4 Å². The highest BCUT2D eigenvalue weighted by Gasteiger charge is 2.29. The second-order valence-corrected chi connectivity index (χ2v) is 5.02. The first kappa shape index (κ1) is 11.5. The Bertz CT molecular complexity index is 355. The van der Waals surface area contributed by atoms with Crippen LogP contribution in [0.4, 0.5) is 0 Å². The quantitative estimate of drug-likeness (QED) is 0.816. The standard InChI is InChI=1S/C12H15NO2S/c1-15-12(14)10-7-8-11(13-10)16-9-5-3-2-4-6-9/h2-6,10-11,13H,7-8H2,1H3/t10-,11+/m0/s1. The molecule has 0 amide bonds. The molecule has 1 aliphatic rings. The van der Waals surface area contributed by atoms with Gasteiger partial charge in [0.05, 0.1) is 12.5 Å². The molecule has 86 valence electrons. The summed E-state index contributed by atoms with van der Waals surface area (Å²) in [6.07, 6.45) is 1.86. The fourth-order valence-electron chi connectivity index (χ4n) is 1.79. The van der Waals surface area contributed by atoms with E-state index in [1.54, 1.807) is 11.8 Å². The third kappa shape index (κ3) is 2.77. The monoisotopic (exact) mass is 237 g/mol. The molecule has 1 aromatic rings. The van der Waals surface area contributed by atoms with E-state index in [9.17, 15) is 4.79 Å². The van der Waals surface area contributed by atoms with Crippen molar-refractivity contribution >= 4 is 17.7 Å². The number of hydrogen-bond donors (Lipinski definition) is 1. The number of benzene rings is 1. The molecule has 0 bridgehead atoms. The molecule has 0 unspecified atom stereocenters. The Kier molecular flexibility index (Phi) is 3.85. The molecule has 1 N–H and O–H groups in total. The second kappa shape index (κ2) is 5.37. The average molecular weight is 237 g/mol. The zero-order chi connectivity index (χ0) is 11.4. The van der Waals surface area contributed by atoms with Crippen LogP contribution in [0, 0.1) is 0 Å². The lowest BCUT2D eigenvalue weighted by Gasteiger charge is -2.12. The third-order valence-electron chi connectivity index (χ3n) is 2.61. The first-order valence-corrected chi connectivity index (χ1v) is 6.23. The topological polar surface area (TPSA) is 38.3 Å². The van der Waals surface area contributed by atoms with Gasteiger partial charge in [0.25, 0.3) is 0 Å². The summed E-state index contributed by atoms with van der Waals surface area (Å²) in [7, 11) is 1.43. The molecule has 0 radical (unpaired) electrons. The largest absolute Gasteiger partial charge is 0.468 e. The molecule has 3 nitrogen and oxygen atoms in total. The lowest BCUT2D eigenvalue weighted by Crippen LogP contribution is -2.34. The molecule has 1 saturated heterocycles. The first-order valence-electron chi connectivity index (χ1n) is 5.35. The Balaban J connectivity index is 1.88. The summed E-state index contributed by atoms with van der Waals surface area (Å²) in [5.41, 5.74) is 0. The van der Waals surface area contributed by atoms with Crippen molar-refractivity contribution < 1.29 is 9.53 Å². The van der Waals surface area contributed by atoms with Gasteiger partial charge in [-0.05, 0) is 25.0 Å². The van der Waals surface area contributed by atoms with Gasteiger partial charge in [0.1, 0.15) is 6.04 Å². The maximum atomic E-state index is 11.3. The molecule has 0 spiro atoms. The van der Waals surface area contributed by atoms with Gasteiger partial charge in [-0.1, -0.05) is 18.2 Å². The fraction of sp³-hybridized carbons (Fsp3) is 0.417. The van der Waals surface area contributed by atoms with Crippen molar-refractivity contribution in [3.63, 3.8) is 0 Å². The van der Waals surface area contributed by atoms with Gasteiger partial charge in [-0.25, -0.2) is 0 Å². The Morgan fingerprint density at radius 2 is 2.12 bits per heavy atom. The number of hydrogen-bond acceptors (Lipinski definition) is 4. The van der Waals surface area contributed by atoms with Crippen molar-refractivity contribution in [2.45, 2.75) is 29.2 Å². The molecule has 1 aromatic carbocycles. The Morgan fingerprint density at radius 3 is 2.81 bits per heavy atom. The minimum atomic E-state index is -0.156. The van der Waals surface area contributed by atoms with Crippen LogP contribution >= 0.6 is 11.8 Å². The van der Waals surface area contributed by atoms with Crippen molar-refractivity contribution in [3.05, 3.63) is 30.3 Å². The van der Waals surface area contributed by atoms with E-state index in [0.717, 1.165) is 12.8 Å². The zero-order valence-electron chi connectivity index (χ0n) is 9.18. The average Bonchev–Trinajstić information content (AvgIpc) is 2.78. The van der Waals surface area contributed by atoms with Gasteiger partial charge in [-0.3, -0.25) is 10.1 Å². The van der Waals surface area contributed by atoms with Crippen LogP contribution in [-0.2, 0) is 9.53 Å². The second-order valence-electron chi connectivity index (χ2n) is 3.74. The summed E-state index contributed by atoms with van der Waals surface area (Å²) in [4.78, 5) is 12.5. The summed E-state index contributed by atoms with van der Waals surface area (Å²) in [5, 5.41) is 3.59. The van der Waals surface area contributed by atoms with Crippen LogP contribution in [0.1, 0.15) is 12.8 Å². The SMILES string of the molecule is COC(=O)[C@@H]1CC[C@@H](Sc2ccccc2)N1. The van der Waals surface area contributed by atoms with Crippen LogP contribution in [0.25, 0.3) is 0 Å². The number of ether oxygens (including phenoxy) is 1. The van der Waals surface area contributed by atoms with Gasteiger partial charge < -0.3 is 4.74 Å². The number of esters is 1. The molecule has 0 saturated carbocycles. The minimum absolute atomic E-state index is 0.133. The number of carbonyl (C=O) groups excluding carboxylic acids is 1. The van der Waals surface area contributed by atoms with Crippen LogP contribution < -0.4 is 5.32 Å². The van der Waals surface area contributed by atoms with Gasteiger partial charge in [0.2, 0.25) is 0 Å². The fourth-order valence-corrected chi connectivity index (χ4v) is 2.92. The zero-order valence-corrected chi connectivity index (χ0v) is 10.00.